The molecule has 11 nitrogen and oxygen atoms in total. The lowest BCUT2D eigenvalue weighted by Gasteiger charge is -2.29. The Kier molecular flexibility index (Phi) is 2.59. The minimum absolute atomic E-state index is 0.360. The molecule has 0 atom stereocenters. The van der Waals surface area contributed by atoms with Crippen LogP contribution >= 0.6 is 0 Å². The normalized spacial score (nSPS) is 16.7. The molecule has 0 spiro atoms. The van der Waals surface area contributed by atoms with E-state index in [0.717, 1.165) is 0 Å². The van der Waals surface area contributed by atoms with E-state index in [1.54, 1.807) is 0 Å². The Morgan fingerprint density at radius 3 is 1.71 bits per heavy atom. The average molecular weight is 206 g/mol. The smallest absolute Gasteiger partial charge is 0.212 e. The third-order valence-corrected chi connectivity index (χ3v) is 1.56. The van der Waals surface area contributed by atoms with Gasteiger partial charge in [0.05, 0.1) is 5.29 Å². The maximum Gasteiger partial charge on any atom is 0.212 e. The van der Waals surface area contributed by atoms with Crippen molar-refractivity contribution in [1.82, 2.24) is 15.0 Å². The van der Waals surface area contributed by atoms with Crippen LogP contribution in [0, 0.1) is 25.1 Å². The Balaban J connectivity index is 2.70. The standard InChI is InChI=1S/C3H6N6O5/c10-4-5-1-6(8(11)12)3-7(2-5)9(13)14/h1-3H2. The summed E-state index contributed by atoms with van der Waals surface area (Å²) in [6.45, 7) is -1.20. The van der Waals surface area contributed by atoms with Gasteiger partial charge in [-0.2, -0.15) is 0 Å². The molecule has 0 saturated carbocycles. The molecule has 78 valence electrons. The molecule has 0 aliphatic carbocycles. The number of nitroso groups, excluding NO2 is 1. The maximum absolute atomic E-state index is 10.3. The van der Waals surface area contributed by atoms with Crippen LogP contribution in [-0.4, -0.2) is 45.1 Å². The highest BCUT2D eigenvalue weighted by Crippen LogP contribution is 2.07. The summed E-state index contributed by atoms with van der Waals surface area (Å²) in [6, 6.07) is 0. The first-order chi connectivity index (χ1) is 6.54. The number of hydrogen-bond acceptors (Lipinski definition) is 6. The Hall–Kier alpha value is -2.20. The van der Waals surface area contributed by atoms with E-state index in [4.69, 9.17) is 0 Å². The van der Waals surface area contributed by atoms with Crippen molar-refractivity contribution in [3.63, 3.8) is 0 Å². The molecule has 0 aromatic heterocycles. The average Bonchev–Trinajstić information content (AvgIpc) is 2.16. The van der Waals surface area contributed by atoms with E-state index in [0.29, 0.717) is 15.0 Å². The van der Waals surface area contributed by atoms with Crippen LogP contribution in [0.2, 0.25) is 0 Å². The van der Waals surface area contributed by atoms with Crippen LogP contribution in [0.5, 0.6) is 0 Å². The molecule has 1 aliphatic rings. The first kappa shape index (κ1) is 9.88. The molecule has 0 aromatic rings. The second-order valence-corrected chi connectivity index (χ2v) is 2.50. The van der Waals surface area contributed by atoms with Gasteiger partial charge in [-0.3, -0.25) is 0 Å². The van der Waals surface area contributed by atoms with E-state index in [1.807, 2.05) is 0 Å². The van der Waals surface area contributed by atoms with Gasteiger partial charge in [-0.25, -0.2) is 25.2 Å². The quantitative estimate of drug-likeness (QED) is 0.321. The monoisotopic (exact) mass is 206 g/mol. The minimum Gasteiger partial charge on any atom is -0.235 e. The van der Waals surface area contributed by atoms with Crippen molar-refractivity contribution in [2.45, 2.75) is 0 Å². The van der Waals surface area contributed by atoms with Crippen molar-refractivity contribution in [2.75, 3.05) is 20.0 Å². The van der Waals surface area contributed by atoms with Crippen LogP contribution in [0.15, 0.2) is 5.29 Å². The van der Waals surface area contributed by atoms with Crippen molar-refractivity contribution in [1.29, 1.82) is 0 Å². The number of nitrogens with zero attached hydrogens (tertiary/aromatic N) is 6. The molecule has 0 N–H and O–H groups in total. The number of hydrogen-bond donors (Lipinski definition) is 0. The Morgan fingerprint density at radius 1 is 1.00 bits per heavy atom. The molecule has 0 amide bonds. The van der Waals surface area contributed by atoms with Crippen molar-refractivity contribution >= 4 is 0 Å². The predicted octanol–water partition coefficient (Wildman–Crippen LogP) is -1.16. The van der Waals surface area contributed by atoms with Gasteiger partial charge in [-0.05, 0) is 0 Å². The summed E-state index contributed by atoms with van der Waals surface area (Å²) < 4.78 is 0. The predicted molar refractivity (Wildman–Crippen MR) is 39.9 cm³/mol. The van der Waals surface area contributed by atoms with Crippen molar-refractivity contribution in [3.8, 4) is 0 Å². The van der Waals surface area contributed by atoms with Gasteiger partial charge in [0.15, 0.2) is 23.4 Å². The molecule has 11 heteroatoms. The number of nitro groups is 2. The summed E-state index contributed by atoms with van der Waals surface area (Å²) in [7, 11) is 0. The van der Waals surface area contributed by atoms with Crippen LogP contribution < -0.4 is 0 Å². The third-order valence-electron chi connectivity index (χ3n) is 1.56. The van der Waals surface area contributed by atoms with Gasteiger partial charge in [0, 0.05) is 0 Å². The summed E-state index contributed by atoms with van der Waals surface area (Å²) in [4.78, 5) is 30.7. The van der Waals surface area contributed by atoms with Crippen molar-refractivity contribution in [3.05, 3.63) is 25.1 Å². The van der Waals surface area contributed by atoms with E-state index in [2.05, 4.69) is 5.29 Å². The topological polar surface area (TPSA) is 125 Å². The molecule has 1 heterocycles. The fourth-order valence-corrected chi connectivity index (χ4v) is 0.958. The third kappa shape index (κ3) is 1.94. The molecule has 0 bridgehead atoms. The van der Waals surface area contributed by atoms with Crippen LogP contribution in [0.1, 0.15) is 0 Å². The highest BCUT2D eigenvalue weighted by atomic mass is 16.7. The van der Waals surface area contributed by atoms with Gasteiger partial charge >= 0.3 is 0 Å². The largest absolute Gasteiger partial charge is 0.235 e. The molecule has 14 heavy (non-hydrogen) atoms. The highest BCUT2D eigenvalue weighted by molar-refractivity contribution is 4.53. The molecule has 0 aromatic carbocycles. The second-order valence-electron chi connectivity index (χ2n) is 2.50. The second kappa shape index (κ2) is 3.68. The molecular formula is C3H6N6O5. The van der Waals surface area contributed by atoms with Crippen molar-refractivity contribution in [2.24, 2.45) is 5.29 Å². The zero-order chi connectivity index (χ0) is 10.7. The Morgan fingerprint density at radius 2 is 1.43 bits per heavy atom. The lowest BCUT2D eigenvalue weighted by Crippen LogP contribution is -2.56. The summed E-state index contributed by atoms with van der Waals surface area (Å²) in [5.41, 5.74) is 0. The first-order valence-corrected chi connectivity index (χ1v) is 3.41. The van der Waals surface area contributed by atoms with Crippen LogP contribution in [0.3, 0.4) is 0 Å². The number of rotatable bonds is 3. The van der Waals surface area contributed by atoms with E-state index in [1.165, 1.54) is 0 Å². The summed E-state index contributed by atoms with van der Waals surface area (Å²) in [5.74, 6) is 0. The highest BCUT2D eigenvalue weighted by Gasteiger charge is 2.34. The Bertz CT molecular complexity index is 246. The van der Waals surface area contributed by atoms with Gasteiger partial charge in [-0.15, -0.1) is 4.91 Å². The van der Waals surface area contributed by atoms with E-state index >= 15 is 0 Å². The van der Waals surface area contributed by atoms with Gasteiger partial charge in [0.2, 0.25) is 6.67 Å². The molecular weight excluding hydrogens is 200 g/mol. The zero-order valence-electron chi connectivity index (χ0n) is 6.85. The Labute approximate surface area is 76.7 Å². The summed E-state index contributed by atoms with van der Waals surface area (Å²) in [5, 5.41) is 23.0. The molecule has 0 unspecified atom stereocenters. The van der Waals surface area contributed by atoms with E-state index < -0.39 is 16.7 Å². The van der Waals surface area contributed by atoms with E-state index in [-0.39, 0.29) is 13.3 Å². The van der Waals surface area contributed by atoms with Crippen molar-refractivity contribution < 1.29 is 10.1 Å². The SMILES string of the molecule is O=NN1CN([N+](=O)[O-])CN([N+](=O)[O-])C1. The fraction of sp³-hybridized carbons (Fsp3) is 1.00. The lowest BCUT2D eigenvalue weighted by molar-refractivity contribution is -0.727. The molecule has 0 radical (unpaired) electrons. The lowest BCUT2D eigenvalue weighted by atomic mass is 10.7. The van der Waals surface area contributed by atoms with Crippen LogP contribution in [0.25, 0.3) is 0 Å². The molecule has 1 rings (SSSR count). The molecule has 1 aliphatic heterocycles. The van der Waals surface area contributed by atoms with Gasteiger partial charge < -0.3 is 0 Å². The molecule has 1 saturated heterocycles. The van der Waals surface area contributed by atoms with Crippen LogP contribution in [0.4, 0.5) is 0 Å². The van der Waals surface area contributed by atoms with Gasteiger partial charge in [-0.1, -0.05) is 10.0 Å². The van der Waals surface area contributed by atoms with Gasteiger partial charge in [0.1, 0.15) is 0 Å². The minimum atomic E-state index is -0.826. The van der Waals surface area contributed by atoms with E-state index in [9.17, 15) is 25.1 Å². The zero-order valence-corrected chi connectivity index (χ0v) is 6.85. The van der Waals surface area contributed by atoms with Gasteiger partial charge in [0.25, 0.3) is 0 Å². The fourth-order valence-electron chi connectivity index (χ4n) is 0.958. The summed E-state index contributed by atoms with van der Waals surface area (Å²) in [6.07, 6.45) is 0. The maximum atomic E-state index is 10.3. The number of hydrazine groups is 2. The first-order valence-electron chi connectivity index (χ1n) is 3.41. The van der Waals surface area contributed by atoms with Crippen LogP contribution in [-0.2, 0) is 0 Å². The summed E-state index contributed by atoms with van der Waals surface area (Å²) >= 11 is 0. The molecule has 1 fully saturated rings.